The molecule has 5 heteroatoms. The lowest BCUT2D eigenvalue weighted by Gasteiger charge is -2.14. The van der Waals surface area contributed by atoms with E-state index in [1.165, 1.54) is 12.1 Å². The average molecular weight is 276 g/mol. The van der Waals surface area contributed by atoms with Crippen molar-refractivity contribution in [1.29, 1.82) is 0 Å². The first-order chi connectivity index (χ1) is 9.60. The second-order valence-electron chi connectivity index (χ2n) is 4.95. The number of halogens is 1. The Bertz CT molecular complexity index is 564. The Morgan fingerprint density at radius 2 is 2.05 bits per heavy atom. The van der Waals surface area contributed by atoms with Crippen LogP contribution in [0.15, 0.2) is 30.3 Å². The maximum atomic E-state index is 12.9. The highest BCUT2D eigenvalue weighted by Crippen LogP contribution is 2.22. The van der Waals surface area contributed by atoms with Crippen molar-refractivity contribution in [2.45, 2.75) is 32.3 Å². The smallest absolute Gasteiger partial charge is 0.293 e. The molecule has 0 radical (unpaired) electrons. The molecule has 0 amide bonds. The SMILES string of the molecule is CC(C)c1cc(CC(OC=O)c2ccc(F)cc2)[nH]n1. The zero-order valence-electron chi connectivity index (χ0n) is 11.5. The maximum Gasteiger partial charge on any atom is 0.293 e. The Kier molecular flexibility index (Phi) is 4.50. The number of rotatable bonds is 6. The molecule has 1 unspecified atom stereocenters. The van der Waals surface area contributed by atoms with Gasteiger partial charge in [-0.2, -0.15) is 5.10 Å². The molecule has 1 aromatic heterocycles. The first-order valence-electron chi connectivity index (χ1n) is 6.49. The predicted octanol–water partition coefficient (Wildman–Crippen LogP) is 3.13. The van der Waals surface area contributed by atoms with Gasteiger partial charge >= 0.3 is 0 Å². The highest BCUT2D eigenvalue weighted by molar-refractivity contribution is 5.39. The summed E-state index contributed by atoms with van der Waals surface area (Å²) in [5.74, 6) is 0.0125. The topological polar surface area (TPSA) is 55.0 Å². The van der Waals surface area contributed by atoms with Crippen molar-refractivity contribution < 1.29 is 13.9 Å². The van der Waals surface area contributed by atoms with Crippen molar-refractivity contribution in [3.8, 4) is 0 Å². The van der Waals surface area contributed by atoms with Crippen LogP contribution in [0.2, 0.25) is 0 Å². The largest absolute Gasteiger partial charge is 0.459 e. The van der Waals surface area contributed by atoms with E-state index >= 15 is 0 Å². The minimum atomic E-state index is -0.450. The molecule has 0 aliphatic heterocycles. The lowest BCUT2D eigenvalue weighted by molar-refractivity contribution is -0.133. The average Bonchev–Trinajstić information content (AvgIpc) is 2.88. The Hall–Kier alpha value is -2.17. The van der Waals surface area contributed by atoms with Gasteiger partial charge in [-0.15, -0.1) is 0 Å². The van der Waals surface area contributed by atoms with Crippen molar-refractivity contribution in [1.82, 2.24) is 10.2 Å². The number of nitrogens with zero attached hydrogens (tertiary/aromatic N) is 1. The van der Waals surface area contributed by atoms with Gasteiger partial charge in [0.2, 0.25) is 0 Å². The predicted molar refractivity (Wildman–Crippen MR) is 72.7 cm³/mol. The van der Waals surface area contributed by atoms with Gasteiger partial charge < -0.3 is 4.74 Å². The van der Waals surface area contributed by atoms with E-state index in [4.69, 9.17) is 4.74 Å². The molecule has 20 heavy (non-hydrogen) atoms. The summed E-state index contributed by atoms with van der Waals surface area (Å²) in [6.45, 7) is 4.52. The van der Waals surface area contributed by atoms with E-state index < -0.39 is 6.10 Å². The molecule has 0 bridgehead atoms. The number of aromatic amines is 1. The van der Waals surface area contributed by atoms with E-state index in [0.717, 1.165) is 17.0 Å². The van der Waals surface area contributed by atoms with Crippen molar-refractivity contribution in [2.24, 2.45) is 0 Å². The van der Waals surface area contributed by atoms with Gasteiger partial charge in [0.05, 0.1) is 5.69 Å². The standard InChI is InChI=1S/C15H17FN2O2/c1-10(2)14-7-13(17-18-14)8-15(20-9-19)11-3-5-12(16)6-4-11/h3-7,9-10,15H,8H2,1-2H3,(H,17,18). The highest BCUT2D eigenvalue weighted by Gasteiger charge is 2.15. The summed E-state index contributed by atoms with van der Waals surface area (Å²) in [5.41, 5.74) is 2.59. The summed E-state index contributed by atoms with van der Waals surface area (Å²) in [7, 11) is 0. The summed E-state index contributed by atoms with van der Waals surface area (Å²) in [5, 5.41) is 7.14. The molecule has 4 nitrogen and oxygen atoms in total. The lowest BCUT2D eigenvalue weighted by Crippen LogP contribution is -2.07. The number of H-pyrrole nitrogens is 1. The first-order valence-corrected chi connectivity index (χ1v) is 6.49. The number of benzene rings is 1. The van der Waals surface area contributed by atoms with Gasteiger partial charge in [-0.25, -0.2) is 4.39 Å². The van der Waals surface area contributed by atoms with Crippen LogP contribution in [0.3, 0.4) is 0 Å². The van der Waals surface area contributed by atoms with Crippen molar-refractivity contribution in [2.75, 3.05) is 0 Å². The van der Waals surface area contributed by atoms with Gasteiger partial charge in [0, 0.05) is 12.1 Å². The minimum Gasteiger partial charge on any atom is -0.459 e. The molecule has 1 aromatic carbocycles. The third-order valence-corrected chi connectivity index (χ3v) is 3.11. The Morgan fingerprint density at radius 3 is 2.60 bits per heavy atom. The molecule has 0 saturated carbocycles. The Balaban J connectivity index is 2.16. The molecule has 106 valence electrons. The highest BCUT2D eigenvalue weighted by atomic mass is 19.1. The quantitative estimate of drug-likeness (QED) is 0.825. The van der Waals surface area contributed by atoms with Crippen LogP contribution < -0.4 is 0 Å². The van der Waals surface area contributed by atoms with Crippen LogP contribution in [0.5, 0.6) is 0 Å². The maximum absolute atomic E-state index is 12.9. The molecule has 1 heterocycles. The normalized spacial score (nSPS) is 12.4. The number of carbonyl (C=O) groups is 1. The molecule has 2 rings (SSSR count). The molecule has 0 aliphatic carbocycles. The van der Waals surface area contributed by atoms with Gasteiger partial charge in [-0.05, 0) is 29.7 Å². The van der Waals surface area contributed by atoms with Crippen LogP contribution in [-0.2, 0) is 16.0 Å². The van der Waals surface area contributed by atoms with Crippen LogP contribution >= 0.6 is 0 Å². The second kappa shape index (κ2) is 6.32. The molecule has 0 aliphatic rings. The molecule has 1 N–H and O–H groups in total. The molecular weight excluding hydrogens is 259 g/mol. The summed E-state index contributed by atoms with van der Waals surface area (Å²) < 4.78 is 18.0. The number of nitrogens with one attached hydrogen (secondary N) is 1. The second-order valence-corrected chi connectivity index (χ2v) is 4.95. The van der Waals surface area contributed by atoms with Gasteiger partial charge in [-0.1, -0.05) is 26.0 Å². The molecule has 0 saturated heterocycles. The minimum absolute atomic E-state index is 0.317. The number of hydrogen-bond donors (Lipinski definition) is 1. The fourth-order valence-corrected chi connectivity index (χ4v) is 1.97. The zero-order valence-corrected chi connectivity index (χ0v) is 11.5. The number of carbonyl (C=O) groups excluding carboxylic acids is 1. The van der Waals surface area contributed by atoms with Crippen molar-refractivity contribution >= 4 is 6.47 Å². The van der Waals surface area contributed by atoms with Crippen molar-refractivity contribution in [3.05, 3.63) is 53.1 Å². The van der Waals surface area contributed by atoms with Crippen LogP contribution in [0.4, 0.5) is 4.39 Å². The van der Waals surface area contributed by atoms with E-state index in [9.17, 15) is 9.18 Å². The van der Waals surface area contributed by atoms with Crippen LogP contribution in [0.25, 0.3) is 0 Å². The zero-order chi connectivity index (χ0) is 14.5. The van der Waals surface area contributed by atoms with E-state index in [2.05, 4.69) is 24.0 Å². The van der Waals surface area contributed by atoms with E-state index in [-0.39, 0.29) is 5.82 Å². The number of aromatic nitrogens is 2. The monoisotopic (exact) mass is 276 g/mol. The van der Waals surface area contributed by atoms with Crippen LogP contribution in [0, 0.1) is 5.82 Å². The molecule has 0 fully saturated rings. The van der Waals surface area contributed by atoms with Crippen LogP contribution in [-0.4, -0.2) is 16.7 Å². The first kappa shape index (κ1) is 14.2. The Morgan fingerprint density at radius 1 is 1.35 bits per heavy atom. The Labute approximate surface area is 117 Å². The van der Waals surface area contributed by atoms with E-state index in [1.54, 1.807) is 12.1 Å². The van der Waals surface area contributed by atoms with Gasteiger partial charge in [-0.3, -0.25) is 9.89 Å². The summed E-state index contributed by atoms with van der Waals surface area (Å²) in [6, 6.07) is 7.88. The van der Waals surface area contributed by atoms with Crippen LogP contribution in [0.1, 0.15) is 42.8 Å². The number of ether oxygens (including phenoxy) is 1. The third kappa shape index (κ3) is 3.44. The summed E-state index contributed by atoms with van der Waals surface area (Å²) in [6.07, 6.45) is 0.0259. The van der Waals surface area contributed by atoms with Crippen molar-refractivity contribution in [3.63, 3.8) is 0 Å². The summed E-state index contributed by atoms with van der Waals surface area (Å²) in [4.78, 5) is 10.6. The fraction of sp³-hybridized carbons (Fsp3) is 0.333. The summed E-state index contributed by atoms with van der Waals surface area (Å²) >= 11 is 0. The molecular formula is C15H17FN2O2. The molecule has 0 spiro atoms. The fourth-order valence-electron chi connectivity index (χ4n) is 1.97. The van der Waals surface area contributed by atoms with E-state index in [0.29, 0.717) is 18.8 Å². The van der Waals surface area contributed by atoms with Gasteiger partial charge in [0.15, 0.2) is 0 Å². The molecule has 1 atom stereocenters. The third-order valence-electron chi connectivity index (χ3n) is 3.11. The lowest BCUT2D eigenvalue weighted by atomic mass is 10.0. The molecule has 2 aromatic rings. The van der Waals surface area contributed by atoms with E-state index in [1.807, 2.05) is 6.07 Å². The van der Waals surface area contributed by atoms with Gasteiger partial charge in [0.1, 0.15) is 11.9 Å². The van der Waals surface area contributed by atoms with Gasteiger partial charge in [0.25, 0.3) is 6.47 Å². The number of hydrogen-bond acceptors (Lipinski definition) is 3.